The number of nitrogens with two attached hydrogens (primary N) is 1. The average Bonchev–Trinajstić information content (AvgIpc) is 3.62. The van der Waals surface area contributed by atoms with Crippen molar-refractivity contribution in [2.45, 2.75) is 51.4 Å². The molecule has 0 spiro atoms. The van der Waals surface area contributed by atoms with Crippen molar-refractivity contribution in [3.63, 3.8) is 0 Å². The number of nitrogens with zero attached hydrogens (tertiary/aromatic N) is 3. The number of likely N-dealkylation sites (tertiary alicyclic amines) is 1. The highest BCUT2D eigenvalue weighted by Gasteiger charge is 2.47. The summed E-state index contributed by atoms with van der Waals surface area (Å²) >= 11 is 0. The molecule has 200 valence electrons. The fraction of sp³-hybridized carbons (Fsp3) is 0.483. The van der Waals surface area contributed by atoms with E-state index >= 15 is 0 Å². The van der Waals surface area contributed by atoms with Crippen LogP contribution in [-0.2, 0) is 4.79 Å². The van der Waals surface area contributed by atoms with Crippen molar-refractivity contribution >= 4 is 22.8 Å². The van der Waals surface area contributed by atoms with Crippen molar-refractivity contribution in [3.05, 3.63) is 48.2 Å². The standard InChI is InChI=1S/C29H36N6O3/c1-16-14-31-29-26(24(16)32-25-19-7-6-18(12-19)23(25)27(30)37)33-28(34-29)20-4-3-5-22(13-20)38-21-8-10-35(11-9-21)15-17(2)36/h3-7,13-14,17-19,21,23,25,36H,8-12,15H2,1-2H3,(H2,30,37)(H2,31,32,33,34)/t17?,18-,19+,23+,25-/m1/s1. The molecule has 1 aromatic carbocycles. The van der Waals surface area contributed by atoms with E-state index in [1.165, 1.54) is 0 Å². The molecule has 3 heterocycles. The summed E-state index contributed by atoms with van der Waals surface area (Å²) in [5, 5.41) is 13.3. The summed E-state index contributed by atoms with van der Waals surface area (Å²) in [7, 11) is 0. The quantitative estimate of drug-likeness (QED) is 0.338. The molecule has 5 atom stereocenters. The Bertz CT molecular complexity index is 1360. The lowest BCUT2D eigenvalue weighted by molar-refractivity contribution is -0.122. The molecule has 9 nitrogen and oxygen atoms in total. The number of rotatable bonds is 8. The topological polar surface area (TPSA) is 129 Å². The van der Waals surface area contributed by atoms with Crippen LogP contribution in [0.2, 0.25) is 0 Å². The lowest BCUT2D eigenvalue weighted by Gasteiger charge is -2.32. The largest absolute Gasteiger partial charge is 0.490 e. The molecule has 3 aliphatic rings. The number of carbonyl (C=O) groups is 1. The highest BCUT2D eigenvalue weighted by atomic mass is 16.5. The smallest absolute Gasteiger partial charge is 0.223 e. The molecular formula is C29H36N6O3. The summed E-state index contributed by atoms with van der Waals surface area (Å²) in [5.74, 6) is 1.56. The summed E-state index contributed by atoms with van der Waals surface area (Å²) < 4.78 is 6.33. The van der Waals surface area contributed by atoms with E-state index in [9.17, 15) is 9.90 Å². The van der Waals surface area contributed by atoms with E-state index in [0.29, 0.717) is 12.2 Å². The van der Waals surface area contributed by atoms with Gasteiger partial charge in [0.1, 0.15) is 23.2 Å². The second-order valence-corrected chi connectivity index (χ2v) is 11.1. The van der Waals surface area contributed by atoms with E-state index in [0.717, 1.165) is 66.3 Å². The van der Waals surface area contributed by atoms with Crippen LogP contribution in [0.5, 0.6) is 5.75 Å². The van der Waals surface area contributed by atoms with E-state index in [2.05, 4.69) is 32.3 Å². The first-order valence-corrected chi connectivity index (χ1v) is 13.6. The number of benzene rings is 1. The number of allylic oxidation sites excluding steroid dienone is 1. The number of primary amides is 1. The molecule has 1 saturated carbocycles. The molecule has 5 N–H and O–H groups in total. The van der Waals surface area contributed by atoms with Crippen molar-refractivity contribution in [1.82, 2.24) is 19.9 Å². The molecule has 6 rings (SSSR count). The average molecular weight is 517 g/mol. The second-order valence-electron chi connectivity index (χ2n) is 11.1. The number of nitrogens with one attached hydrogen (secondary N) is 2. The van der Waals surface area contributed by atoms with Gasteiger partial charge in [0.25, 0.3) is 0 Å². The number of hydrogen-bond donors (Lipinski definition) is 4. The predicted molar refractivity (Wildman–Crippen MR) is 147 cm³/mol. The van der Waals surface area contributed by atoms with E-state index in [1.54, 1.807) is 0 Å². The van der Waals surface area contributed by atoms with Crippen LogP contribution in [0.25, 0.3) is 22.6 Å². The zero-order chi connectivity index (χ0) is 26.4. The Morgan fingerprint density at radius 3 is 2.84 bits per heavy atom. The van der Waals surface area contributed by atoms with E-state index < -0.39 is 0 Å². The van der Waals surface area contributed by atoms with Gasteiger partial charge in [0.05, 0.1) is 17.7 Å². The summed E-state index contributed by atoms with van der Waals surface area (Å²) in [6, 6.07) is 7.96. The van der Waals surface area contributed by atoms with Crippen LogP contribution in [0, 0.1) is 24.7 Å². The molecule has 9 heteroatoms. The third-order valence-electron chi connectivity index (χ3n) is 8.28. The van der Waals surface area contributed by atoms with Crippen LogP contribution in [0.3, 0.4) is 0 Å². The fourth-order valence-corrected chi connectivity index (χ4v) is 6.44. The van der Waals surface area contributed by atoms with Gasteiger partial charge in [-0.2, -0.15) is 0 Å². The number of carbonyl (C=O) groups excluding carboxylic acids is 1. The number of amides is 1. The summed E-state index contributed by atoms with van der Waals surface area (Å²) in [6.45, 7) is 6.40. The molecule has 1 unspecified atom stereocenters. The maximum absolute atomic E-state index is 12.3. The predicted octanol–water partition coefficient (Wildman–Crippen LogP) is 3.25. The Morgan fingerprint density at radius 2 is 2.08 bits per heavy atom. The monoisotopic (exact) mass is 516 g/mol. The van der Waals surface area contributed by atoms with Crippen LogP contribution in [-0.4, -0.2) is 68.7 Å². The van der Waals surface area contributed by atoms with Gasteiger partial charge >= 0.3 is 0 Å². The van der Waals surface area contributed by atoms with E-state index in [1.807, 2.05) is 44.3 Å². The van der Waals surface area contributed by atoms with Crippen LogP contribution in [0.4, 0.5) is 5.69 Å². The number of pyridine rings is 1. The number of imidazole rings is 1. The summed E-state index contributed by atoms with van der Waals surface area (Å²) in [6.07, 6.45) is 8.83. The zero-order valence-electron chi connectivity index (χ0n) is 21.9. The number of aliphatic hydroxyl groups excluding tert-OH is 1. The maximum atomic E-state index is 12.3. The van der Waals surface area contributed by atoms with Crippen molar-refractivity contribution in [2.24, 2.45) is 23.5 Å². The Morgan fingerprint density at radius 1 is 1.29 bits per heavy atom. The van der Waals surface area contributed by atoms with Gasteiger partial charge in [-0.25, -0.2) is 9.97 Å². The number of aryl methyl sites for hydroxylation is 1. The maximum Gasteiger partial charge on any atom is 0.223 e. The number of aromatic nitrogens is 3. The summed E-state index contributed by atoms with van der Waals surface area (Å²) in [5.41, 5.74) is 10.1. The number of fused-ring (bicyclic) bond motifs is 3. The molecule has 0 radical (unpaired) electrons. The van der Waals surface area contributed by atoms with Crippen molar-refractivity contribution in [3.8, 4) is 17.1 Å². The van der Waals surface area contributed by atoms with Crippen LogP contribution in [0.1, 0.15) is 31.7 Å². The zero-order valence-corrected chi connectivity index (χ0v) is 21.9. The number of ether oxygens (including phenoxy) is 1. The van der Waals surface area contributed by atoms with Gasteiger partial charge in [-0.15, -0.1) is 0 Å². The Kier molecular flexibility index (Phi) is 6.57. The Balaban J connectivity index is 1.21. The van der Waals surface area contributed by atoms with Crippen LogP contribution < -0.4 is 15.8 Å². The van der Waals surface area contributed by atoms with Gasteiger partial charge in [-0.3, -0.25) is 4.79 Å². The van der Waals surface area contributed by atoms with Gasteiger partial charge in [-0.05, 0) is 62.6 Å². The van der Waals surface area contributed by atoms with Gasteiger partial charge in [-0.1, -0.05) is 24.3 Å². The van der Waals surface area contributed by atoms with Gasteiger partial charge in [0.15, 0.2) is 5.65 Å². The normalized spacial score (nSPS) is 26.2. The van der Waals surface area contributed by atoms with E-state index in [-0.39, 0.29) is 41.9 Å². The summed E-state index contributed by atoms with van der Waals surface area (Å²) in [4.78, 5) is 27.4. The molecule has 38 heavy (non-hydrogen) atoms. The van der Waals surface area contributed by atoms with E-state index in [4.69, 9.17) is 15.5 Å². The minimum absolute atomic E-state index is 0.0396. The third-order valence-corrected chi connectivity index (χ3v) is 8.28. The second kappa shape index (κ2) is 10.0. The number of H-pyrrole nitrogens is 1. The molecule has 2 aromatic heterocycles. The van der Waals surface area contributed by atoms with Crippen LogP contribution >= 0.6 is 0 Å². The number of β-amino-alcohol motifs (C(OH)–C–C–N with tert-alkyl or cyclic N) is 1. The molecule has 2 aliphatic carbocycles. The molecule has 1 amide bonds. The number of aliphatic hydroxyl groups is 1. The first-order chi connectivity index (χ1) is 18.4. The molecule has 2 bridgehead atoms. The lowest BCUT2D eigenvalue weighted by Crippen LogP contribution is -2.41. The third kappa shape index (κ3) is 4.76. The minimum Gasteiger partial charge on any atom is -0.490 e. The fourth-order valence-electron chi connectivity index (χ4n) is 6.44. The first kappa shape index (κ1) is 24.9. The Hall–Kier alpha value is -3.43. The lowest BCUT2D eigenvalue weighted by atomic mass is 9.88. The first-order valence-electron chi connectivity index (χ1n) is 13.6. The number of piperidine rings is 1. The molecular weight excluding hydrogens is 480 g/mol. The number of hydrogen-bond acceptors (Lipinski definition) is 7. The number of anilines is 1. The van der Waals surface area contributed by atoms with Crippen molar-refractivity contribution in [1.29, 1.82) is 0 Å². The van der Waals surface area contributed by atoms with Gasteiger partial charge in [0, 0.05) is 37.4 Å². The van der Waals surface area contributed by atoms with Crippen molar-refractivity contribution < 1.29 is 14.6 Å². The highest BCUT2D eigenvalue weighted by Crippen LogP contribution is 2.45. The molecule has 3 aromatic rings. The Labute approximate surface area is 222 Å². The minimum atomic E-state index is -0.309. The molecule has 1 saturated heterocycles. The van der Waals surface area contributed by atoms with Gasteiger partial charge < -0.3 is 30.8 Å². The van der Waals surface area contributed by atoms with Crippen LogP contribution in [0.15, 0.2) is 42.6 Å². The number of aromatic amines is 1. The highest BCUT2D eigenvalue weighted by molar-refractivity contribution is 5.90. The van der Waals surface area contributed by atoms with Crippen molar-refractivity contribution in [2.75, 3.05) is 25.0 Å². The van der Waals surface area contributed by atoms with Gasteiger partial charge in [0.2, 0.25) is 5.91 Å². The SMILES string of the molecule is Cc1cnc2nc(-c3cccc(OC4CCN(CC(C)O)CC4)c3)[nH]c2c1N[C@H]1[C@@H](C(N)=O)[C@@H]2C=C[C@H]1C2. The molecule has 2 fully saturated rings. The molecule has 1 aliphatic heterocycles.